The quantitative estimate of drug-likeness (QED) is 0.863. The van der Waals surface area contributed by atoms with Gasteiger partial charge in [-0.2, -0.15) is 10.5 Å². The van der Waals surface area contributed by atoms with Crippen molar-refractivity contribution >= 4 is 11.4 Å². The summed E-state index contributed by atoms with van der Waals surface area (Å²) in [5, 5.41) is 17.9. The lowest BCUT2D eigenvalue weighted by Gasteiger charge is -2.21. The van der Waals surface area contributed by atoms with Crippen LogP contribution in [0, 0.1) is 22.7 Å². The third-order valence-electron chi connectivity index (χ3n) is 3.05. The lowest BCUT2D eigenvalue weighted by Crippen LogP contribution is -2.18. The molecular weight excluding hydrogens is 248 g/mol. The number of rotatable bonds is 3. The summed E-state index contributed by atoms with van der Waals surface area (Å²) in [7, 11) is 1.91. The summed E-state index contributed by atoms with van der Waals surface area (Å²) in [6.07, 6.45) is 0. The molecule has 2 rings (SSSR count). The number of hydrogen-bond acceptors (Lipinski definition) is 4. The Hall–Kier alpha value is -2.98. The molecule has 2 N–H and O–H groups in total. The highest BCUT2D eigenvalue weighted by Crippen LogP contribution is 2.24. The first-order valence-electron chi connectivity index (χ1n) is 6.14. The highest BCUT2D eigenvalue weighted by Gasteiger charge is 2.07. The molecule has 2 aromatic carbocycles. The molecule has 0 aromatic heterocycles. The van der Waals surface area contributed by atoms with E-state index in [-0.39, 0.29) is 0 Å². The van der Waals surface area contributed by atoms with E-state index in [1.54, 1.807) is 24.3 Å². The summed E-state index contributed by atoms with van der Waals surface area (Å²) in [6.45, 7) is 0.620. The van der Waals surface area contributed by atoms with Gasteiger partial charge in [0.15, 0.2) is 0 Å². The summed E-state index contributed by atoms with van der Waals surface area (Å²) < 4.78 is 0. The molecule has 4 heteroatoms. The average Bonchev–Trinajstić information content (AvgIpc) is 2.47. The lowest BCUT2D eigenvalue weighted by molar-refractivity contribution is 0.924. The molecule has 0 heterocycles. The Bertz CT molecular complexity index is 707. The largest absolute Gasteiger partial charge is 0.397 e. The molecule has 0 aliphatic carbocycles. The normalized spacial score (nSPS) is 9.55. The second-order valence-electron chi connectivity index (χ2n) is 4.55. The van der Waals surface area contributed by atoms with Gasteiger partial charge in [0, 0.05) is 13.6 Å². The van der Waals surface area contributed by atoms with Crippen molar-refractivity contribution in [3.05, 3.63) is 59.2 Å². The van der Waals surface area contributed by atoms with Gasteiger partial charge in [-0.25, -0.2) is 0 Å². The van der Waals surface area contributed by atoms with Gasteiger partial charge >= 0.3 is 0 Å². The summed E-state index contributed by atoms with van der Waals surface area (Å²) in [5.74, 6) is 0. The molecule has 0 radical (unpaired) electrons. The Kier molecular flexibility index (Phi) is 3.88. The molecule has 20 heavy (non-hydrogen) atoms. The molecule has 0 spiro atoms. The van der Waals surface area contributed by atoms with Crippen molar-refractivity contribution in [2.75, 3.05) is 17.7 Å². The Morgan fingerprint density at radius 3 is 2.45 bits per heavy atom. The molecule has 0 aliphatic rings. The molecule has 0 fully saturated rings. The molecular formula is C16H14N4. The van der Waals surface area contributed by atoms with Crippen LogP contribution in [0.15, 0.2) is 42.5 Å². The maximum Gasteiger partial charge on any atom is 0.0992 e. The van der Waals surface area contributed by atoms with E-state index in [2.05, 4.69) is 12.1 Å². The molecule has 4 nitrogen and oxygen atoms in total. The first-order valence-corrected chi connectivity index (χ1v) is 6.14. The second-order valence-corrected chi connectivity index (χ2v) is 4.55. The predicted molar refractivity (Wildman–Crippen MR) is 78.8 cm³/mol. The van der Waals surface area contributed by atoms with Crippen LogP contribution < -0.4 is 10.6 Å². The number of hydrogen-bond donors (Lipinski definition) is 1. The van der Waals surface area contributed by atoms with Crippen LogP contribution in [-0.2, 0) is 6.54 Å². The zero-order valence-corrected chi connectivity index (χ0v) is 11.2. The minimum absolute atomic E-state index is 0.576. The molecule has 0 atom stereocenters. The topological polar surface area (TPSA) is 76.8 Å². The zero-order valence-electron chi connectivity index (χ0n) is 11.2. The van der Waals surface area contributed by atoms with Crippen molar-refractivity contribution in [1.82, 2.24) is 0 Å². The average molecular weight is 262 g/mol. The maximum atomic E-state index is 8.95. The number of nitrogen functional groups attached to an aromatic ring is 1. The molecule has 0 saturated carbocycles. The standard InChI is InChI=1S/C16H14N4/c1-20(11-14-4-2-3-12(7-14)9-17)16-8-13(10-18)5-6-15(16)19/h2-8H,11,19H2,1H3. The molecule has 0 aliphatic heterocycles. The van der Waals surface area contributed by atoms with E-state index in [9.17, 15) is 0 Å². The predicted octanol–water partition coefficient (Wildman–Crippen LogP) is 2.65. The Morgan fingerprint density at radius 1 is 1.05 bits per heavy atom. The summed E-state index contributed by atoms with van der Waals surface area (Å²) >= 11 is 0. The number of benzene rings is 2. The fourth-order valence-electron chi connectivity index (χ4n) is 2.04. The fourth-order valence-corrected chi connectivity index (χ4v) is 2.04. The third kappa shape index (κ3) is 2.88. The fraction of sp³-hybridized carbons (Fsp3) is 0.125. The van der Waals surface area contributed by atoms with Crippen LogP contribution in [0.1, 0.15) is 16.7 Å². The number of nitrogens with two attached hydrogens (primary N) is 1. The van der Waals surface area contributed by atoms with Gasteiger partial charge in [-0.15, -0.1) is 0 Å². The van der Waals surface area contributed by atoms with E-state index in [1.165, 1.54) is 0 Å². The van der Waals surface area contributed by atoms with Crippen LogP contribution in [-0.4, -0.2) is 7.05 Å². The van der Waals surface area contributed by atoms with Gasteiger partial charge in [0.2, 0.25) is 0 Å². The van der Waals surface area contributed by atoms with E-state index < -0.39 is 0 Å². The molecule has 0 unspecified atom stereocenters. The number of nitriles is 2. The number of nitrogens with zero attached hydrogens (tertiary/aromatic N) is 3. The lowest BCUT2D eigenvalue weighted by atomic mass is 10.1. The zero-order chi connectivity index (χ0) is 14.5. The molecule has 0 saturated heterocycles. The van der Waals surface area contributed by atoms with Gasteiger partial charge in [0.05, 0.1) is 34.6 Å². The maximum absolute atomic E-state index is 8.95. The first-order chi connectivity index (χ1) is 9.63. The van der Waals surface area contributed by atoms with Crippen LogP contribution in [0.3, 0.4) is 0 Å². The van der Waals surface area contributed by atoms with Crippen molar-refractivity contribution in [2.24, 2.45) is 0 Å². The van der Waals surface area contributed by atoms with Crippen molar-refractivity contribution in [1.29, 1.82) is 10.5 Å². The Morgan fingerprint density at radius 2 is 1.75 bits per heavy atom. The smallest absolute Gasteiger partial charge is 0.0992 e. The van der Waals surface area contributed by atoms with Gasteiger partial charge in [0.1, 0.15) is 0 Å². The minimum atomic E-state index is 0.576. The van der Waals surface area contributed by atoms with Crippen LogP contribution in [0.2, 0.25) is 0 Å². The van der Waals surface area contributed by atoms with Crippen LogP contribution in [0.25, 0.3) is 0 Å². The molecule has 98 valence electrons. The molecule has 2 aromatic rings. The van der Waals surface area contributed by atoms with Gasteiger partial charge < -0.3 is 10.6 Å². The first kappa shape index (κ1) is 13.5. The second kappa shape index (κ2) is 5.77. The highest BCUT2D eigenvalue weighted by molar-refractivity contribution is 5.69. The minimum Gasteiger partial charge on any atom is -0.397 e. The van der Waals surface area contributed by atoms with Gasteiger partial charge in [-0.1, -0.05) is 12.1 Å². The molecule has 0 amide bonds. The SMILES string of the molecule is CN(Cc1cccc(C#N)c1)c1cc(C#N)ccc1N. The van der Waals surface area contributed by atoms with E-state index in [0.29, 0.717) is 23.4 Å². The van der Waals surface area contributed by atoms with Crippen molar-refractivity contribution in [3.63, 3.8) is 0 Å². The number of anilines is 2. The van der Waals surface area contributed by atoms with Crippen molar-refractivity contribution < 1.29 is 0 Å². The van der Waals surface area contributed by atoms with Crippen molar-refractivity contribution in [3.8, 4) is 12.1 Å². The summed E-state index contributed by atoms with van der Waals surface area (Å²) in [5.41, 5.74) is 9.62. The summed E-state index contributed by atoms with van der Waals surface area (Å²) in [6, 6.07) is 16.9. The third-order valence-corrected chi connectivity index (χ3v) is 3.05. The van der Waals surface area contributed by atoms with E-state index >= 15 is 0 Å². The van der Waals surface area contributed by atoms with E-state index in [0.717, 1.165) is 11.3 Å². The summed E-state index contributed by atoms with van der Waals surface area (Å²) in [4.78, 5) is 1.96. The molecule has 0 bridgehead atoms. The van der Waals surface area contributed by atoms with E-state index in [1.807, 2.05) is 30.1 Å². The van der Waals surface area contributed by atoms with Crippen molar-refractivity contribution in [2.45, 2.75) is 6.54 Å². The Balaban J connectivity index is 2.26. The van der Waals surface area contributed by atoms with Crippen LogP contribution in [0.4, 0.5) is 11.4 Å². The van der Waals surface area contributed by atoms with E-state index in [4.69, 9.17) is 16.3 Å². The van der Waals surface area contributed by atoms with Gasteiger partial charge in [-0.3, -0.25) is 0 Å². The van der Waals surface area contributed by atoms with Crippen LogP contribution in [0.5, 0.6) is 0 Å². The van der Waals surface area contributed by atoms with Gasteiger partial charge in [0.25, 0.3) is 0 Å². The Labute approximate surface area is 118 Å². The highest BCUT2D eigenvalue weighted by atomic mass is 15.1. The van der Waals surface area contributed by atoms with Gasteiger partial charge in [-0.05, 0) is 35.9 Å². The monoisotopic (exact) mass is 262 g/mol. The van der Waals surface area contributed by atoms with Crippen LogP contribution >= 0.6 is 0 Å².